The van der Waals surface area contributed by atoms with Crippen molar-refractivity contribution in [2.45, 2.75) is 20.5 Å². The smallest absolute Gasteiger partial charge is 0.270 e. The number of halogens is 2. The fourth-order valence-electron chi connectivity index (χ4n) is 3.17. The number of aryl methyl sites for hydroxylation is 2. The maximum atomic E-state index is 13.0. The van der Waals surface area contributed by atoms with Crippen molar-refractivity contribution in [3.8, 4) is 5.75 Å². The molecule has 0 N–H and O–H groups in total. The zero-order valence-electron chi connectivity index (χ0n) is 17.4. The number of hydrogen-bond acceptors (Lipinski definition) is 4. The summed E-state index contributed by atoms with van der Waals surface area (Å²) < 4.78 is 20.1. The van der Waals surface area contributed by atoms with Gasteiger partial charge in [-0.05, 0) is 94.5 Å². The minimum absolute atomic E-state index is 0.129. The lowest BCUT2D eigenvalue weighted by Crippen LogP contribution is -2.27. The number of benzene rings is 3. The molecule has 4 rings (SSSR count). The quantitative estimate of drug-likeness (QED) is 0.259. The molecule has 7 heteroatoms. The molecule has 0 bridgehead atoms. The molecule has 0 aromatic heterocycles. The van der Waals surface area contributed by atoms with Crippen LogP contribution in [0.4, 0.5) is 10.1 Å². The first kappa shape index (κ1) is 22.7. The summed E-state index contributed by atoms with van der Waals surface area (Å²) in [6.07, 6.45) is 1.83. The number of thioether (sulfide) groups is 1. The molecule has 1 heterocycles. The van der Waals surface area contributed by atoms with E-state index in [9.17, 15) is 9.18 Å². The summed E-state index contributed by atoms with van der Waals surface area (Å²) in [5.74, 6) is 0.257. The van der Waals surface area contributed by atoms with Gasteiger partial charge in [-0.25, -0.2) is 4.39 Å². The maximum Gasteiger partial charge on any atom is 0.270 e. The lowest BCUT2D eigenvalue weighted by molar-refractivity contribution is -0.113. The number of ether oxygens (including phenoxy) is 1. The molecule has 1 amide bonds. The number of rotatable bonds is 5. The van der Waals surface area contributed by atoms with E-state index in [1.807, 2.05) is 56.3 Å². The second-order valence-electron chi connectivity index (χ2n) is 7.39. The molecule has 0 radical (unpaired) electrons. The van der Waals surface area contributed by atoms with Crippen molar-refractivity contribution >= 4 is 61.9 Å². The van der Waals surface area contributed by atoms with Gasteiger partial charge in [0.05, 0.1) is 15.1 Å². The number of thiocarbonyl (C=S) groups is 1. The molecule has 0 spiro atoms. The van der Waals surface area contributed by atoms with Crippen molar-refractivity contribution in [1.82, 2.24) is 0 Å². The Morgan fingerprint density at radius 2 is 1.81 bits per heavy atom. The Hall–Kier alpha value is -2.48. The monoisotopic (exact) mass is 527 g/mol. The third-order valence-electron chi connectivity index (χ3n) is 5.10. The largest absolute Gasteiger partial charge is 0.488 e. The molecule has 1 saturated heterocycles. The molecule has 162 valence electrons. The van der Waals surface area contributed by atoms with Crippen LogP contribution in [-0.2, 0) is 11.4 Å². The summed E-state index contributed by atoms with van der Waals surface area (Å²) in [5, 5.41) is 0. The molecule has 1 fully saturated rings. The Balaban J connectivity index is 1.50. The number of anilines is 1. The predicted molar refractivity (Wildman–Crippen MR) is 136 cm³/mol. The Labute approximate surface area is 204 Å². The van der Waals surface area contributed by atoms with Crippen molar-refractivity contribution in [3.05, 3.63) is 98.1 Å². The number of carbonyl (C=O) groups excluding carboxylic acids is 1. The summed E-state index contributed by atoms with van der Waals surface area (Å²) in [6, 6.07) is 17.7. The summed E-state index contributed by atoms with van der Waals surface area (Å²) in [7, 11) is 0. The first-order chi connectivity index (χ1) is 15.3. The maximum absolute atomic E-state index is 13.0. The summed E-state index contributed by atoms with van der Waals surface area (Å²) in [5.41, 5.74) is 4.79. The molecule has 1 aliphatic rings. The standard InChI is InChI=1S/C25H19BrFNO2S2/c1-15-3-9-20(11-16(15)2)28-24(29)23(32-25(28)31)13-18-6-10-22(21(26)12-18)30-14-17-4-7-19(27)8-5-17/h3-13H,14H2,1-2H3. The average Bonchev–Trinajstić information content (AvgIpc) is 3.03. The van der Waals surface area contributed by atoms with Gasteiger partial charge in [0.15, 0.2) is 4.32 Å². The lowest BCUT2D eigenvalue weighted by atomic mass is 10.1. The van der Waals surface area contributed by atoms with E-state index in [4.69, 9.17) is 17.0 Å². The minimum Gasteiger partial charge on any atom is -0.488 e. The van der Waals surface area contributed by atoms with E-state index in [0.29, 0.717) is 21.6 Å². The number of hydrogen-bond donors (Lipinski definition) is 0. The molecule has 3 aromatic rings. The second-order valence-corrected chi connectivity index (χ2v) is 9.92. The van der Waals surface area contributed by atoms with Gasteiger partial charge in [0.25, 0.3) is 5.91 Å². The Morgan fingerprint density at radius 1 is 1.06 bits per heavy atom. The van der Waals surface area contributed by atoms with E-state index in [2.05, 4.69) is 15.9 Å². The molecule has 3 nitrogen and oxygen atoms in total. The zero-order valence-corrected chi connectivity index (χ0v) is 20.6. The van der Waals surface area contributed by atoms with Gasteiger partial charge in [0, 0.05) is 0 Å². The molecule has 0 unspecified atom stereocenters. The lowest BCUT2D eigenvalue weighted by Gasteiger charge is -2.15. The molecule has 0 atom stereocenters. The molecular weight excluding hydrogens is 509 g/mol. The summed E-state index contributed by atoms with van der Waals surface area (Å²) >= 11 is 10.3. The van der Waals surface area contributed by atoms with Gasteiger partial charge in [-0.2, -0.15) is 0 Å². The minimum atomic E-state index is -0.276. The van der Waals surface area contributed by atoms with Gasteiger partial charge in [-0.3, -0.25) is 9.69 Å². The van der Waals surface area contributed by atoms with Gasteiger partial charge in [0.1, 0.15) is 18.2 Å². The molecular formula is C25H19BrFNO2S2. The van der Waals surface area contributed by atoms with E-state index in [1.165, 1.54) is 29.5 Å². The highest BCUT2D eigenvalue weighted by Gasteiger charge is 2.33. The molecule has 32 heavy (non-hydrogen) atoms. The summed E-state index contributed by atoms with van der Waals surface area (Å²) in [4.78, 5) is 15.2. The Bertz CT molecular complexity index is 1240. The second kappa shape index (κ2) is 9.57. The zero-order chi connectivity index (χ0) is 22.8. The van der Waals surface area contributed by atoms with Gasteiger partial charge < -0.3 is 4.74 Å². The van der Waals surface area contributed by atoms with Crippen molar-refractivity contribution in [2.75, 3.05) is 4.90 Å². The highest BCUT2D eigenvalue weighted by atomic mass is 79.9. The summed E-state index contributed by atoms with van der Waals surface area (Å²) in [6.45, 7) is 4.38. The van der Waals surface area contributed by atoms with E-state index < -0.39 is 0 Å². The van der Waals surface area contributed by atoms with Crippen LogP contribution in [0.25, 0.3) is 6.08 Å². The van der Waals surface area contributed by atoms with Crippen LogP contribution in [0.5, 0.6) is 5.75 Å². The Morgan fingerprint density at radius 3 is 2.50 bits per heavy atom. The van der Waals surface area contributed by atoms with Crippen molar-refractivity contribution in [3.63, 3.8) is 0 Å². The van der Waals surface area contributed by atoms with Gasteiger partial charge in [-0.15, -0.1) is 0 Å². The van der Waals surface area contributed by atoms with Crippen LogP contribution in [0.1, 0.15) is 22.3 Å². The van der Waals surface area contributed by atoms with Crippen LogP contribution in [-0.4, -0.2) is 10.2 Å². The van der Waals surface area contributed by atoms with Crippen molar-refractivity contribution < 1.29 is 13.9 Å². The number of nitrogens with zero attached hydrogens (tertiary/aromatic N) is 1. The fourth-order valence-corrected chi connectivity index (χ4v) is 4.98. The topological polar surface area (TPSA) is 29.5 Å². The van der Waals surface area contributed by atoms with Crippen LogP contribution in [0.15, 0.2) is 70.0 Å². The fraction of sp³-hybridized carbons (Fsp3) is 0.120. The first-order valence-corrected chi connectivity index (χ1v) is 11.9. The van der Waals surface area contributed by atoms with E-state index in [1.54, 1.807) is 17.0 Å². The van der Waals surface area contributed by atoms with Crippen molar-refractivity contribution in [1.29, 1.82) is 0 Å². The molecule has 0 aliphatic carbocycles. The molecule has 0 saturated carbocycles. The van der Waals surface area contributed by atoms with E-state index in [0.717, 1.165) is 26.9 Å². The predicted octanol–water partition coefficient (Wildman–Crippen LogP) is 7.19. The molecule has 1 aliphatic heterocycles. The Kier molecular flexibility index (Phi) is 6.79. The van der Waals surface area contributed by atoms with Crippen LogP contribution in [0.2, 0.25) is 0 Å². The van der Waals surface area contributed by atoms with Crippen molar-refractivity contribution in [2.24, 2.45) is 0 Å². The van der Waals surface area contributed by atoms with E-state index >= 15 is 0 Å². The SMILES string of the molecule is Cc1ccc(N2C(=O)C(=Cc3ccc(OCc4ccc(F)cc4)c(Br)c3)SC2=S)cc1C. The van der Waals surface area contributed by atoms with Crippen LogP contribution in [0, 0.1) is 19.7 Å². The van der Waals surface area contributed by atoms with Gasteiger partial charge >= 0.3 is 0 Å². The van der Waals surface area contributed by atoms with Gasteiger partial charge in [0.2, 0.25) is 0 Å². The number of amides is 1. The van der Waals surface area contributed by atoms with Crippen LogP contribution in [0.3, 0.4) is 0 Å². The van der Waals surface area contributed by atoms with Crippen LogP contribution < -0.4 is 9.64 Å². The van der Waals surface area contributed by atoms with E-state index in [-0.39, 0.29) is 11.7 Å². The molecule has 3 aromatic carbocycles. The normalized spacial score (nSPS) is 15.0. The highest BCUT2D eigenvalue weighted by Crippen LogP contribution is 2.37. The highest BCUT2D eigenvalue weighted by molar-refractivity contribution is 9.10. The van der Waals surface area contributed by atoms with Crippen LogP contribution >= 0.6 is 39.9 Å². The average molecular weight is 528 g/mol. The third-order valence-corrected chi connectivity index (χ3v) is 7.03. The first-order valence-electron chi connectivity index (χ1n) is 9.84. The van der Waals surface area contributed by atoms with Gasteiger partial charge in [-0.1, -0.05) is 48.2 Å². The number of carbonyl (C=O) groups is 1. The third kappa shape index (κ3) is 4.95.